The average Bonchev–Trinajstić information content (AvgIpc) is 2.47. The second-order valence-electron chi connectivity index (χ2n) is 4.40. The Morgan fingerprint density at radius 3 is 2.95 bits per heavy atom. The van der Waals surface area contributed by atoms with Crippen molar-refractivity contribution < 1.29 is 9.76 Å². The molecule has 0 aliphatic carbocycles. The molecule has 6 heteroatoms. The summed E-state index contributed by atoms with van der Waals surface area (Å²) in [4.78, 5) is 20.5. The van der Waals surface area contributed by atoms with Gasteiger partial charge < -0.3 is 0 Å². The summed E-state index contributed by atoms with van der Waals surface area (Å²) < 4.78 is 0. The minimum atomic E-state index is -0.384. The minimum absolute atomic E-state index is 0.0730. The highest BCUT2D eigenvalue weighted by atomic mass is 16.7. The molecular formula is C13H13N3O3. The summed E-state index contributed by atoms with van der Waals surface area (Å²) in [6.45, 7) is 1.45. The number of fused-ring (bicyclic) bond motifs is 1. The molecule has 98 valence electrons. The zero-order valence-corrected chi connectivity index (χ0v) is 10.3. The Kier molecular flexibility index (Phi) is 3.00. The molecule has 1 saturated heterocycles. The van der Waals surface area contributed by atoms with Crippen LogP contribution in [0.15, 0.2) is 30.5 Å². The highest BCUT2D eigenvalue weighted by Gasteiger charge is 2.20. The molecule has 0 atom stereocenters. The fourth-order valence-corrected chi connectivity index (χ4v) is 2.29. The Morgan fingerprint density at radius 2 is 2.21 bits per heavy atom. The number of hydrogen-bond acceptors (Lipinski definition) is 5. The number of hydroxylamine groups is 1. The lowest BCUT2D eigenvalue weighted by atomic mass is 10.1. The number of pyridine rings is 1. The highest BCUT2D eigenvalue weighted by Crippen LogP contribution is 2.32. The van der Waals surface area contributed by atoms with Gasteiger partial charge in [-0.05, 0) is 31.0 Å². The molecule has 0 N–H and O–H groups in total. The van der Waals surface area contributed by atoms with E-state index in [1.165, 1.54) is 6.07 Å². The SMILES string of the molecule is O=[N+]([O-])c1ccc(N2CCCCO2)c2ncccc12. The van der Waals surface area contributed by atoms with E-state index in [4.69, 9.17) is 4.84 Å². The highest BCUT2D eigenvalue weighted by molar-refractivity contribution is 5.96. The first-order chi connectivity index (χ1) is 9.27. The number of aromatic nitrogens is 1. The Labute approximate surface area is 109 Å². The molecule has 0 radical (unpaired) electrons. The zero-order valence-electron chi connectivity index (χ0n) is 10.3. The second-order valence-corrected chi connectivity index (χ2v) is 4.40. The van der Waals surface area contributed by atoms with Crippen LogP contribution < -0.4 is 5.06 Å². The lowest BCUT2D eigenvalue weighted by molar-refractivity contribution is -0.383. The van der Waals surface area contributed by atoms with Gasteiger partial charge in [-0.3, -0.25) is 25.0 Å². The van der Waals surface area contributed by atoms with Crippen molar-refractivity contribution >= 4 is 22.3 Å². The third-order valence-electron chi connectivity index (χ3n) is 3.19. The number of non-ortho nitro benzene ring substituents is 1. The lowest BCUT2D eigenvalue weighted by Gasteiger charge is -2.28. The Hall–Kier alpha value is -2.21. The van der Waals surface area contributed by atoms with Gasteiger partial charge in [-0.15, -0.1) is 0 Å². The predicted octanol–water partition coefficient (Wildman–Crippen LogP) is 2.67. The molecule has 1 aliphatic rings. The first-order valence-electron chi connectivity index (χ1n) is 6.20. The third-order valence-corrected chi connectivity index (χ3v) is 3.19. The molecule has 2 aromatic rings. The number of nitro benzene ring substituents is 1. The molecule has 0 saturated carbocycles. The Bertz CT molecular complexity index is 624. The van der Waals surface area contributed by atoms with Crippen LogP contribution in [0, 0.1) is 10.1 Å². The second kappa shape index (κ2) is 4.81. The van der Waals surface area contributed by atoms with Gasteiger partial charge in [0, 0.05) is 18.8 Å². The Morgan fingerprint density at radius 1 is 1.32 bits per heavy atom. The van der Waals surface area contributed by atoms with Gasteiger partial charge >= 0.3 is 0 Å². The molecule has 6 nitrogen and oxygen atoms in total. The molecule has 0 amide bonds. The molecule has 1 aromatic carbocycles. The van der Waals surface area contributed by atoms with Gasteiger partial charge in [0.2, 0.25) is 0 Å². The van der Waals surface area contributed by atoms with Crippen molar-refractivity contribution in [2.75, 3.05) is 18.2 Å². The van der Waals surface area contributed by atoms with Gasteiger partial charge in [0.25, 0.3) is 5.69 Å². The van der Waals surface area contributed by atoms with Crippen LogP contribution >= 0.6 is 0 Å². The fourth-order valence-electron chi connectivity index (χ4n) is 2.29. The van der Waals surface area contributed by atoms with Crippen molar-refractivity contribution in [1.29, 1.82) is 0 Å². The Balaban J connectivity index is 2.15. The molecule has 1 fully saturated rings. The monoisotopic (exact) mass is 259 g/mol. The average molecular weight is 259 g/mol. The van der Waals surface area contributed by atoms with E-state index in [1.807, 2.05) is 0 Å². The van der Waals surface area contributed by atoms with Gasteiger partial charge in [-0.25, -0.2) is 0 Å². The molecule has 0 unspecified atom stereocenters. The van der Waals surface area contributed by atoms with E-state index in [9.17, 15) is 10.1 Å². The normalized spacial score (nSPS) is 15.7. The molecule has 0 bridgehead atoms. The first kappa shape index (κ1) is 11.9. The predicted molar refractivity (Wildman–Crippen MR) is 70.9 cm³/mol. The number of hydrogen-bond donors (Lipinski definition) is 0. The van der Waals surface area contributed by atoms with Crippen LogP contribution in [-0.2, 0) is 4.84 Å². The van der Waals surface area contributed by atoms with Crippen LogP contribution in [-0.4, -0.2) is 23.1 Å². The molecule has 1 aliphatic heterocycles. The van der Waals surface area contributed by atoms with Crippen molar-refractivity contribution in [2.24, 2.45) is 0 Å². The topological polar surface area (TPSA) is 68.5 Å². The van der Waals surface area contributed by atoms with Crippen molar-refractivity contribution in [3.05, 3.63) is 40.6 Å². The summed E-state index contributed by atoms with van der Waals surface area (Å²) >= 11 is 0. The maximum atomic E-state index is 11.0. The first-order valence-corrected chi connectivity index (χ1v) is 6.20. The molecule has 1 aromatic heterocycles. The van der Waals surface area contributed by atoms with Crippen molar-refractivity contribution in [1.82, 2.24) is 4.98 Å². The standard InChI is InChI=1S/C13H13N3O3/c17-16(18)11-5-6-12(15-8-1-2-9-19-15)13-10(11)4-3-7-14-13/h3-7H,1-2,8-9H2. The van der Waals surface area contributed by atoms with Crippen LogP contribution in [0.25, 0.3) is 10.9 Å². The van der Waals surface area contributed by atoms with E-state index >= 15 is 0 Å². The van der Waals surface area contributed by atoms with Crippen LogP contribution in [0.4, 0.5) is 11.4 Å². The maximum Gasteiger partial charge on any atom is 0.278 e. The number of nitrogens with zero attached hydrogens (tertiary/aromatic N) is 3. The van der Waals surface area contributed by atoms with Crippen LogP contribution in [0.5, 0.6) is 0 Å². The number of benzene rings is 1. The minimum Gasteiger partial charge on any atom is -0.273 e. The van der Waals surface area contributed by atoms with E-state index in [1.54, 1.807) is 29.5 Å². The summed E-state index contributed by atoms with van der Waals surface area (Å²) in [5, 5.41) is 13.4. The molecule has 2 heterocycles. The van der Waals surface area contributed by atoms with Gasteiger partial charge in [-0.2, -0.15) is 0 Å². The van der Waals surface area contributed by atoms with E-state index < -0.39 is 0 Å². The molecular weight excluding hydrogens is 246 g/mol. The number of rotatable bonds is 2. The molecule has 3 rings (SSSR count). The van der Waals surface area contributed by atoms with Crippen molar-refractivity contribution in [3.8, 4) is 0 Å². The third kappa shape index (κ3) is 2.10. The van der Waals surface area contributed by atoms with Crippen molar-refractivity contribution in [2.45, 2.75) is 12.8 Å². The smallest absolute Gasteiger partial charge is 0.273 e. The van der Waals surface area contributed by atoms with E-state index in [-0.39, 0.29) is 10.6 Å². The summed E-state index contributed by atoms with van der Waals surface area (Å²) in [5.41, 5.74) is 1.48. The van der Waals surface area contributed by atoms with Gasteiger partial charge in [0.15, 0.2) is 0 Å². The maximum absolute atomic E-state index is 11.0. The van der Waals surface area contributed by atoms with Gasteiger partial charge in [0.05, 0.1) is 22.6 Å². The van der Waals surface area contributed by atoms with Crippen LogP contribution in [0.2, 0.25) is 0 Å². The zero-order chi connectivity index (χ0) is 13.2. The van der Waals surface area contributed by atoms with Gasteiger partial charge in [0.1, 0.15) is 5.52 Å². The molecule has 0 spiro atoms. The van der Waals surface area contributed by atoms with E-state index in [0.717, 1.165) is 25.1 Å². The quantitative estimate of drug-likeness (QED) is 0.612. The summed E-state index contributed by atoms with van der Waals surface area (Å²) in [6, 6.07) is 6.64. The summed E-state index contributed by atoms with van der Waals surface area (Å²) in [6.07, 6.45) is 3.72. The fraction of sp³-hybridized carbons (Fsp3) is 0.308. The van der Waals surface area contributed by atoms with Crippen LogP contribution in [0.1, 0.15) is 12.8 Å². The van der Waals surface area contributed by atoms with Gasteiger partial charge in [-0.1, -0.05) is 0 Å². The van der Waals surface area contributed by atoms with Crippen molar-refractivity contribution in [3.63, 3.8) is 0 Å². The number of anilines is 1. The lowest BCUT2D eigenvalue weighted by Crippen LogP contribution is -2.30. The van der Waals surface area contributed by atoms with E-state index in [0.29, 0.717) is 17.5 Å². The van der Waals surface area contributed by atoms with Crippen LogP contribution in [0.3, 0.4) is 0 Å². The summed E-state index contributed by atoms with van der Waals surface area (Å²) in [5.74, 6) is 0. The largest absolute Gasteiger partial charge is 0.278 e. The summed E-state index contributed by atoms with van der Waals surface area (Å²) in [7, 11) is 0. The van der Waals surface area contributed by atoms with E-state index in [2.05, 4.69) is 4.98 Å². The molecule has 19 heavy (non-hydrogen) atoms. The number of nitro groups is 1.